The van der Waals surface area contributed by atoms with Gasteiger partial charge in [-0.1, -0.05) is 0 Å². The van der Waals surface area contributed by atoms with Crippen LogP contribution < -0.4 is 10.6 Å². The van der Waals surface area contributed by atoms with Gasteiger partial charge in [0.05, 0.1) is 6.04 Å². The van der Waals surface area contributed by atoms with E-state index in [0.717, 1.165) is 24.6 Å². The van der Waals surface area contributed by atoms with Crippen LogP contribution in [0.1, 0.15) is 13.3 Å². The lowest BCUT2D eigenvalue weighted by atomic mass is 10.2. The van der Waals surface area contributed by atoms with Crippen molar-refractivity contribution in [2.45, 2.75) is 25.4 Å². The van der Waals surface area contributed by atoms with Gasteiger partial charge in [0.1, 0.15) is 0 Å². The molecule has 16 heavy (non-hydrogen) atoms. The molecule has 2 atom stereocenters. The van der Waals surface area contributed by atoms with E-state index in [1.807, 2.05) is 4.90 Å². The number of carbonyl (C=O) groups excluding carboxylic acids is 2. The topological polar surface area (TPSA) is 61.4 Å². The van der Waals surface area contributed by atoms with Crippen molar-refractivity contribution >= 4 is 23.6 Å². The highest BCUT2D eigenvalue weighted by molar-refractivity contribution is 7.99. The molecule has 2 aliphatic heterocycles. The summed E-state index contributed by atoms with van der Waals surface area (Å²) in [7, 11) is 0. The maximum atomic E-state index is 12.0. The fourth-order valence-corrected chi connectivity index (χ4v) is 3.07. The molecular weight excluding hydrogens is 226 g/mol. The molecule has 2 saturated heterocycles. The first-order valence-corrected chi connectivity index (χ1v) is 6.69. The zero-order chi connectivity index (χ0) is 11.5. The predicted molar refractivity (Wildman–Crippen MR) is 63.1 cm³/mol. The number of thioether (sulfide) groups is 1. The van der Waals surface area contributed by atoms with E-state index in [2.05, 4.69) is 10.6 Å². The molecule has 2 fully saturated rings. The van der Waals surface area contributed by atoms with E-state index in [4.69, 9.17) is 0 Å². The summed E-state index contributed by atoms with van der Waals surface area (Å²) in [6, 6.07) is 0.108. The van der Waals surface area contributed by atoms with Crippen molar-refractivity contribution in [3.05, 3.63) is 0 Å². The summed E-state index contributed by atoms with van der Waals surface area (Å²) in [5, 5.41) is 6.03. The van der Waals surface area contributed by atoms with E-state index < -0.39 is 0 Å². The third-order valence-corrected chi connectivity index (χ3v) is 3.86. The maximum absolute atomic E-state index is 12.0. The van der Waals surface area contributed by atoms with E-state index in [9.17, 15) is 9.59 Å². The molecule has 5 nitrogen and oxygen atoms in total. The van der Waals surface area contributed by atoms with Crippen LogP contribution in [0.2, 0.25) is 0 Å². The molecule has 2 N–H and O–H groups in total. The van der Waals surface area contributed by atoms with Gasteiger partial charge in [0.25, 0.3) is 0 Å². The molecule has 6 heteroatoms. The van der Waals surface area contributed by atoms with Crippen molar-refractivity contribution in [2.24, 2.45) is 0 Å². The molecule has 0 radical (unpaired) electrons. The predicted octanol–water partition coefficient (Wildman–Crippen LogP) is -0.614. The van der Waals surface area contributed by atoms with Gasteiger partial charge in [0.15, 0.2) is 0 Å². The summed E-state index contributed by atoms with van der Waals surface area (Å²) < 4.78 is 0. The number of rotatable bonds is 2. The van der Waals surface area contributed by atoms with Gasteiger partial charge in [-0.2, -0.15) is 0 Å². The Morgan fingerprint density at radius 1 is 1.50 bits per heavy atom. The van der Waals surface area contributed by atoms with Crippen molar-refractivity contribution in [1.82, 2.24) is 15.5 Å². The minimum atomic E-state index is -0.0268. The number of carbonyl (C=O) groups is 2. The normalized spacial score (nSPS) is 29.4. The molecule has 2 amide bonds. The Kier molecular flexibility index (Phi) is 3.70. The van der Waals surface area contributed by atoms with Gasteiger partial charge in [-0.3, -0.25) is 14.9 Å². The van der Waals surface area contributed by atoms with E-state index in [-0.39, 0.29) is 23.9 Å². The average molecular weight is 243 g/mol. The Hall–Kier alpha value is -0.750. The van der Waals surface area contributed by atoms with Crippen LogP contribution >= 0.6 is 11.8 Å². The highest BCUT2D eigenvalue weighted by atomic mass is 32.2. The Morgan fingerprint density at radius 2 is 2.31 bits per heavy atom. The first-order chi connectivity index (χ1) is 7.66. The molecule has 0 aromatic carbocycles. The first-order valence-electron chi connectivity index (χ1n) is 5.54. The van der Waals surface area contributed by atoms with Crippen LogP contribution in [-0.4, -0.2) is 53.5 Å². The SMILES string of the molecule is CC(=O)NC1CCN(C(=O)C2CSCN2)C1. The Morgan fingerprint density at radius 3 is 2.94 bits per heavy atom. The van der Waals surface area contributed by atoms with Gasteiger partial charge >= 0.3 is 0 Å². The van der Waals surface area contributed by atoms with Crippen molar-refractivity contribution in [3.63, 3.8) is 0 Å². The molecule has 0 aliphatic carbocycles. The number of nitrogens with one attached hydrogen (secondary N) is 2. The fraction of sp³-hybridized carbons (Fsp3) is 0.800. The maximum Gasteiger partial charge on any atom is 0.240 e. The second-order valence-corrected chi connectivity index (χ2v) is 5.27. The summed E-state index contributed by atoms with van der Waals surface area (Å²) in [6.07, 6.45) is 0.866. The highest BCUT2D eigenvalue weighted by Crippen LogP contribution is 2.16. The Bertz CT molecular complexity index is 292. The number of likely N-dealkylation sites (tertiary alicyclic amines) is 1. The van der Waals surface area contributed by atoms with Gasteiger partial charge in [0.2, 0.25) is 11.8 Å². The fourth-order valence-electron chi connectivity index (χ4n) is 2.14. The minimum Gasteiger partial charge on any atom is -0.352 e. The summed E-state index contributed by atoms with van der Waals surface area (Å²) >= 11 is 1.75. The lowest BCUT2D eigenvalue weighted by Gasteiger charge is -2.20. The van der Waals surface area contributed by atoms with Gasteiger partial charge in [-0.15, -0.1) is 11.8 Å². The zero-order valence-corrected chi connectivity index (χ0v) is 10.2. The van der Waals surface area contributed by atoms with Crippen molar-refractivity contribution < 1.29 is 9.59 Å². The quantitative estimate of drug-likeness (QED) is 0.679. The van der Waals surface area contributed by atoms with Crippen molar-refractivity contribution in [1.29, 1.82) is 0 Å². The summed E-state index contributed by atoms with van der Waals surface area (Å²) in [5.74, 6) is 1.88. The van der Waals surface area contributed by atoms with E-state index in [1.54, 1.807) is 11.8 Å². The van der Waals surface area contributed by atoms with Crippen molar-refractivity contribution in [3.8, 4) is 0 Å². The number of hydrogen-bond acceptors (Lipinski definition) is 4. The highest BCUT2D eigenvalue weighted by Gasteiger charge is 2.32. The molecule has 0 aromatic heterocycles. The molecule has 2 unspecified atom stereocenters. The van der Waals surface area contributed by atoms with Crippen LogP contribution in [-0.2, 0) is 9.59 Å². The van der Waals surface area contributed by atoms with Gasteiger partial charge < -0.3 is 10.2 Å². The van der Waals surface area contributed by atoms with Gasteiger partial charge in [-0.05, 0) is 6.42 Å². The smallest absolute Gasteiger partial charge is 0.240 e. The van der Waals surface area contributed by atoms with Crippen LogP contribution in [0.4, 0.5) is 0 Å². The summed E-state index contributed by atoms with van der Waals surface area (Å²) in [5.41, 5.74) is 0. The van der Waals surface area contributed by atoms with Gasteiger partial charge in [-0.25, -0.2) is 0 Å². The van der Waals surface area contributed by atoms with Crippen LogP contribution in [0.3, 0.4) is 0 Å². The number of nitrogens with zero attached hydrogens (tertiary/aromatic N) is 1. The summed E-state index contributed by atoms with van der Waals surface area (Å²) in [4.78, 5) is 24.8. The molecule has 0 bridgehead atoms. The van der Waals surface area contributed by atoms with E-state index >= 15 is 0 Å². The Balaban J connectivity index is 1.83. The molecule has 90 valence electrons. The molecule has 0 saturated carbocycles. The van der Waals surface area contributed by atoms with Gasteiger partial charge in [0, 0.05) is 37.7 Å². The summed E-state index contributed by atoms with van der Waals surface area (Å²) in [6.45, 7) is 2.92. The first kappa shape index (κ1) is 11.7. The van der Waals surface area contributed by atoms with E-state index in [1.165, 1.54) is 6.92 Å². The van der Waals surface area contributed by atoms with Crippen LogP contribution in [0.25, 0.3) is 0 Å². The third kappa shape index (κ3) is 2.68. The number of amides is 2. The minimum absolute atomic E-state index is 0.0196. The van der Waals surface area contributed by atoms with Crippen LogP contribution in [0.5, 0.6) is 0 Å². The third-order valence-electron chi connectivity index (χ3n) is 2.92. The van der Waals surface area contributed by atoms with Crippen LogP contribution in [0.15, 0.2) is 0 Å². The number of hydrogen-bond donors (Lipinski definition) is 2. The average Bonchev–Trinajstić information content (AvgIpc) is 2.84. The second-order valence-electron chi connectivity index (χ2n) is 4.24. The van der Waals surface area contributed by atoms with E-state index in [0.29, 0.717) is 6.54 Å². The molecule has 2 rings (SSSR count). The lowest BCUT2D eigenvalue weighted by molar-refractivity contribution is -0.131. The Labute approximate surface area is 99.3 Å². The monoisotopic (exact) mass is 243 g/mol. The second kappa shape index (κ2) is 5.05. The standard InChI is InChI=1S/C10H17N3O2S/c1-7(14)12-8-2-3-13(4-8)10(15)9-5-16-6-11-9/h8-9,11H,2-6H2,1H3,(H,12,14). The van der Waals surface area contributed by atoms with Crippen LogP contribution in [0, 0.1) is 0 Å². The molecular formula is C10H17N3O2S. The molecule has 0 spiro atoms. The molecule has 0 aromatic rings. The van der Waals surface area contributed by atoms with Crippen molar-refractivity contribution in [2.75, 3.05) is 24.7 Å². The molecule has 2 heterocycles. The molecule has 2 aliphatic rings. The largest absolute Gasteiger partial charge is 0.352 e. The zero-order valence-electron chi connectivity index (χ0n) is 9.36. The lowest BCUT2D eigenvalue weighted by Crippen LogP contribution is -2.45.